The largest absolute Gasteiger partial charge is 0.461 e. The highest BCUT2D eigenvalue weighted by atomic mass is 32.2. The van der Waals surface area contributed by atoms with Gasteiger partial charge in [-0.2, -0.15) is 0 Å². The number of sulfone groups is 1. The van der Waals surface area contributed by atoms with E-state index in [-0.39, 0.29) is 17.0 Å². The van der Waals surface area contributed by atoms with Crippen LogP contribution in [-0.4, -0.2) is 61.7 Å². The lowest BCUT2D eigenvalue weighted by Crippen LogP contribution is -2.68. The minimum atomic E-state index is -3.99. The highest BCUT2D eigenvalue weighted by molar-refractivity contribution is 7.93. The first kappa shape index (κ1) is 24.1. The van der Waals surface area contributed by atoms with E-state index in [4.69, 9.17) is 9.47 Å². The molecule has 4 rings (SSSR count). The number of amides is 1. The van der Waals surface area contributed by atoms with Gasteiger partial charge in [0.2, 0.25) is 0 Å². The van der Waals surface area contributed by atoms with Gasteiger partial charge < -0.3 is 14.3 Å². The van der Waals surface area contributed by atoms with Crippen molar-refractivity contribution in [3.63, 3.8) is 0 Å². The predicted octanol–water partition coefficient (Wildman–Crippen LogP) is 1.74. The topological polar surface area (TPSA) is 129 Å². The van der Waals surface area contributed by atoms with E-state index < -0.39 is 51.5 Å². The average Bonchev–Trinajstić information content (AvgIpc) is 2.84. The van der Waals surface area contributed by atoms with E-state index in [1.54, 1.807) is 48.5 Å². The summed E-state index contributed by atoms with van der Waals surface area (Å²) in [6.07, 6.45) is -0.840. The molecule has 0 spiro atoms. The van der Waals surface area contributed by atoms with Crippen LogP contribution in [0.1, 0.15) is 24.2 Å². The fraction of sp³-hybridized carbons (Fsp3) is 0.250. The molecule has 1 fully saturated rings. The third-order valence-electron chi connectivity index (χ3n) is 5.46. The Labute approximate surface area is 201 Å². The summed E-state index contributed by atoms with van der Waals surface area (Å²) >= 11 is 0. The molecule has 0 aromatic heterocycles. The standard InChI is InChI=1S/C24H22N2O8S/c1-15(27)33-13-18-14-35(30,31)23-19(25-32-2)22(28)26(23)20(18)24(29)34-21(16-9-5-3-6-10-16)17-11-7-4-8-12-17/h3-12,21,23H,13-14H2,1-2H3/t23-/m1/s1. The molecule has 2 aromatic rings. The maximum Gasteiger partial charge on any atom is 0.356 e. The molecule has 182 valence electrons. The smallest absolute Gasteiger partial charge is 0.356 e. The summed E-state index contributed by atoms with van der Waals surface area (Å²) in [4.78, 5) is 43.2. The number of esters is 2. The van der Waals surface area contributed by atoms with Crippen molar-refractivity contribution in [1.29, 1.82) is 0 Å². The Hall–Kier alpha value is -3.99. The molecule has 0 unspecified atom stereocenters. The lowest BCUT2D eigenvalue weighted by atomic mass is 10.0. The van der Waals surface area contributed by atoms with Crippen LogP contribution in [0.5, 0.6) is 0 Å². The second kappa shape index (κ2) is 9.71. The fourth-order valence-electron chi connectivity index (χ4n) is 3.97. The number of oxime groups is 1. The molecule has 2 aliphatic rings. The molecular weight excluding hydrogens is 476 g/mol. The number of rotatable bonds is 7. The quantitative estimate of drug-likeness (QED) is 0.321. The van der Waals surface area contributed by atoms with E-state index in [0.717, 1.165) is 11.8 Å². The molecule has 1 saturated heterocycles. The summed E-state index contributed by atoms with van der Waals surface area (Å²) < 4.78 is 36.7. The predicted molar refractivity (Wildman–Crippen MR) is 123 cm³/mol. The van der Waals surface area contributed by atoms with Crippen molar-refractivity contribution in [2.45, 2.75) is 18.4 Å². The van der Waals surface area contributed by atoms with Crippen molar-refractivity contribution in [2.75, 3.05) is 19.5 Å². The summed E-state index contributed by atoms with van der Waals surface area (Å²) in [5, 5.41) is 2.03. The van der Waals surface area contributed by atoms with Gasteiger partial charge in [0.15, 0.2) is 27.0 Å². The van der Waals surface area contributed by atoms with E-state index in [0.29, 0.717) is 11.1 Å². The lowest BCUT2D eigenvalue weighted by Gasteiger charge is -2.44. The van der Waals surface area contributed by atoms with Crippen molar-refractivity contribution < 1.29 is 37.1 Å². The summed E-state index contributed by atoms with van der Waals surface area (Å²) in [6.45, 7) is 0.658. The number of β-lactam (4-membered cyclic amide) rings is 1. The van der Waals surface area contributed by atoms with E-state index in [9.17, 15) is 22.8 Å². The molecule has 2 aromatic carbocycles. The number of fused-ring (bicyclic) bond motifs is 1. The first-order valence-corrected chi connectivity index (χ1v) is 12.3. The Kier molecular flexibility index (Phi) is 6.70. The molecule has 0 bridgehead atoms. The van der Waals surface area contributed by atoms with Crippen LogP contribution in [-0.2, 0) is 38.5 Å². The molecule has 11 heteroatoms. The zero-order valence-corrected chi connectivity index (χ0v) is 19.7. The number of ether oxygens (including phenoxy) is 2. The van der Waals surface area contributed by atoms with Crippen LogP contribution < -0.4 is 0 Å². The number of hydrogen-bond acceptors (Lipinski definition) is 9. The Morgan fingerprint density at radius 3 is 2.14 bits per heavy atom. The fourth-order valence-corrected chi connectivity index (χ4v) is 5.84. The van der Waals surface area contributed by atoms with Gasteiger partial charge in [-0.3, -0.25) is 14.5 Å². The van der Waals surface area contributed by atoms with Gasteiger partial charge in [0.25, 0.3) is 5.91 Å². The van der Waals surface area contributed by atoms with E-state index in [1.165, 1.54) is 7.11 Å². The van der Waals surface area contributed by atoms with Gasteiger partial charge in [-0.25, -0.2) is 13.2 Å². The van der Waals surface area contributed by atoms with E-state index >= 15 is 0 Å². The number of nitrogens with zero attached hydrogens (tertiary/aromatic N) is 2. The van der Waals surface area contributed by atoms with Crippen LogP contribution in [0.25, 0.3) is 0 Å². The van der Waals surface area contributed by atoms with Crippen LogP contribution >= 0.6 is 0 Å². The molecule has 0 N–H and O–H groups in total. The molecule has 10 nitrogen and oxygen atoms in total. The first-order valence-electron chi connectivity index (χ1n) is 10.6. The minimum absolute atomic E-state index is 0.0638. The number of carbonyl (C=O) groups is 3. The van der Waals surface area contributed by atoms with Crippen LogP contribution in [0.2, 0.25) is 0 Å². The number of hydrogen-bond donors (Lipinski definition) is 0. The maximum atomic E-state index is 13.5. The molecule has 1 atom stereocenters. The molecule has 0 radical (unpaired) electrons. The minimum Gasteiger partial charge on any atom is -0.461 e. The van der Waals surface area contributed by atoms with Gasteiger partial charge >= 0.3 is 11.9 Å². The summed E-state index contributed by atoms with van der Waals surface area (Å²) in [5.74, 6) is -3.05. The van der Waals surface area contributed by atoms with E-state index in [2.05, 4.69) is 9.99 Å². The Bertz CT molecular complexity index is 1280. The zero-order chi connectivity index (χ0) is 25.2. The number of carbonyl (C=O) groups excluding carboxylic acids is 3. The van der Waals surface area contributed by atoms with Crippen molar-refractivity contribution in [1.82, 2.24) is 4.90 Å². The number of benzene rings is 2. The van der Waals surface area contributed by atoms with Gasteiger partial charge in [-0.15, -0.1) is 0 Å². The average molecular weight is 499 g/mol. The molecule has 2 heterocycles. The van der Waals surface area contributed by atoms with E-state index in [1.807, 2.05) is 12.1 Å². The highest BCUT2D eigenvalue weighted by Crippen LogP contribution is 2.37. The SMILES string of the molecule is CON=C1C(=O)N2C(C(=O)OC(c3ccccc3)c3ccccc3)=C(COC(C)=O)CS(=O)(=O)[C@H]12. The van der Waals surface area contributed by atoms with Crippen molar-refractivity contribution >= 4 is 33.4 Å². The van der Waals surface area contributed by atoms with Crippen LogP contribution in [0.3, 0.4) is 0 Å². The molecule has 35 heavy (non-hydrogen) atoms. The van der Waals surface area contributed by atoms with Crippen LogP contribution in [0.4, 0.5) is 0 Å². The Morgan fingerprint density at radius 1 is 1.06 bits per heavy atom. The summed E-state index contributed by atoms with van der Waals surface area (Å²) in [6, 6.07) is 17.9. The Balaban J connectivity index is 1.77. The van der Waals surface area contributed by atoms with Crippen LogP contribution in [0.15, 0.2) is 77.1 Å². The molecule has 0 saturated carbocycles. The molecular formula is C24H22N2O8S. The Morgan fingerprint density at radius 2 is 1.63 bits per heavy atom. The van der Waals surface area contributed by atoms with Crippen molar-refractivity contribution in [3.05, 3.63) is 83.1 Å². The van der Waals surface area contributed by atoms with Crippen molar-refractivity contribution in [3.8, 4) is 0 Å². The third-order valence-corrected chi connectivity index (χ3v) is 7.33. The second-order valence-electron chi connectivity index (χ2n) is 7.83. The third kappa shape index (κ3) is 4.67. The second-order valence-corrected chi connectivity index (χ2v) is 9.89. The maximum absolute atomic E-state index is 13.5. The molecule has 1 amide bonds. The summed E-state index contributed by atoms with van der Waals surface area (Å²) in [5.41, 5.74) is 0.651. The van der Waals surface area contributed by atoms with Gasteiger partial charge in [0, 0.05) is 12.5 Å². The first-order chi connectivity index (χ1) is 16.7. The highest BCUT2D eigenvalue weighted by Gasteiger charge is 2.59. The van der Waals surface area contributed by atoms with Crippen molar-refractivity contribution in [2.24, 2.45) is 5.16 Å². The normalized spacial score (nSPS) is 19.7. The molecule has 2 aliphatic heterocycles. The molecule has 0 aliphatic carbocycles. The van der Waals surface area contributed by atoms with Gasteiger partial charge in [0.1, 0.15) is 19.4 Å². The zero-order valence-electron chi connectivity index (χ0n) is 18.9. The monoisotopic (exact) mass is 498 g/mol. The van der Waals surface area contributed by atoms with Gasteiger partial charge in [-0.1, -0.05) is 65.8 Å². The van der Waals surface area contributed by atoms with Crippen LogP contribution in [0, 0.1) is 0 Å². The van der Waals surface area contributed by atoms with Gasteiger partial charge in [0.05, 0.1) is 5.75 Å². The lowest BCUT2D eigenvalue weighted by molar-refractivity contribution is -0.148. The summed E-state index contributed by atoms with van der Waals surface area (Å²) in [7, 11) is -2.81. The van der Waals surface area contributed by atoms with Gasteiger partial charge in [-0.05, 0) is 11.1 Å².